The molecule has 3 rings (SSSR count). The van der Waals surface area contributed by atoms with E-state index in [-0.39, 0.29) is 5.28 Å². The van der Waals surface area contributed by atoms with Gasteiger partial charge < -0.3 is 0 Å². The number of hydrogen-bond acceptors (Lipinski definition) is 6. The van der Waals surface area contributed by atoms with Crippen LogP contribution in [-0.2, 0) is 12.8 Å². The van der Waals surface area contributed by atoms with Crippen molar-refractivity contribution in [1.29, 1.82) is 0 Å². The summed E-state index contributed by atoms with van der Waals surface area (Å²) in [7, 11) is 0. The van der Waals surface area contributed by atoms with Gasteiger partial charge in [-0.2, -0.15) is 24.7 Å². The fourth-order valence-electron chi connectivity index (χ4n) is 1.84. The van der Waals surface area contributed by atoms with Crippen LogP contribution in [0.25, 0.3) is 11.9 Å². The van der Waals surface area contributed by atoms with Gasteiger partial charge in [-0.05, 0) is 17.7 Å². The maximum absolute atomic E-state index is 5.99. The molecule has 0 N–H and O–H groups in total. The van der Waals surface area contributed by atoms with Gasteiger partial charge in [0.2, 0.25) is 5.28 Å². The Balaban J connectivity index is 2.12. The molecule has 0 amide bonds. The number of rotatable bonds is 4. The van der Waals surface area contributed by atoms with Crippen LogP contribution in [0.3, 0.4) is 0 Å². The highest BCUT2D eigenvalue weighted by Crippen LogP contribution is 2.11. The maximum atomic E-state index is 5.99. The molecule has 8 nitrogen and oxygen atoms in total. The molecule has 3 heterocycles. The van der Waals surface area contributed by atoms with Crippen LogP contribution in [0.15, 0.2) is 18.5 Å². The third-order valence-electron chi connectivity index (χ3n) is 2.83. The Morgan fingerprint density at radius 1 is 1.05 bits per heavy atom. The first-order valence-electron chi connectivity index (χ1n) is 6.58. The summed E-state index contributed by atoms with van der Waals surface area (Å²) in [5.41, 5.74) is 0. The molecule has 0 bridgehead atoms. The highest BCUT2D eigenvalue weighted by molar-refractivity contribution is 6.28. The third kappa shape index (κ3) is 2.62. The van der Waals surface area contributed by atoms with E-state index in [0.717, 1.165) is 18.1 Å². The molecule has 0 saturated heterocycles. The Bertz CT molecular complexity index is 749. The summed E-state index contributed by atoms with van der Waals surface area (Å²) in [4.78, 5) is 17.0. The van der Waals surface area contributed by atoms with Crippen LogP contribution in [0.1, 0.15) is 25.5 Å². The first kappa shape index (κ1) is 13.6. The van der Waals surface area contributed by atoms with Gasteiger partial charge >= 0.3 is 0 Å². The minimum Gasteiger partial charge on any atom is -0.216 e. The van der Waals surface area contributed by atoms with Gasteiger partial charge in [0.05, 0.1) is 0 Å². The van der Waals surface area contributed by atoms with Crippen molar-refractivity contribution in [2.75, 3.05) is 0 Å². The van der Waals surface area contributed by atoms with E-state index < -0.39 is 0 Å². The molecule has 0 aliphatic heterocycles. The van der Waals surface area contributed by atoms with Crippen molar-refractivity contribution in [3.63, 3.8) is 0 Å². The van der Waals surface area contributed by atoms with Gasteiger partial charge in [0.25, 0.3) is 11.9 Å². The molecular weight excluding hydrogens is 292 g/mol. The van der Waals surface area contributed by atoms with Crippen molar-refractivity contribution in [1.82, 2.24) is 39.5 Å². The Labute approximate surface area is 125 Å². The molecule has 0 unspecified atom stereocenters. The van der Waals surface area contributed by atoms with Crippen molar-refractivity contribution in [3.8, 4) is 11.9 Å². The van der Waals surface area contributed by atoms with Gasteiger partial charge in [-0.25, -0.2) is 9.67 Å². The van der Waals surface area contributed by atoms with E-state index in [0.29, 0.717) is 18.3 Å². The van der Waals surface area contributed by atoms with Gasteiger partial charge in [0, 0.05) is 25.2 Å². The molecule has 21 heavy (non-hydrogen) atoms. The van der Waals surface area contributed by atoms with Gasteiger partial charge in [-0.15, -0.1) is 5.10 Å². The molecule has 0 atom stereocenters. The predicted molar refractivity (Wildman–Crippen MR) is 75.6 cm³/mol. The van der Waals surface area contributed by atoms with Crippen LogP contribution in [0.4, 0.5) is 0 Å². The van der Waals surface area contributed by atoms with E-state index in [4.69, 9.17) is 11.6 Å². The van der Waals surface area contributed by atoms with Crippen molar-refractivity contribution in [2.45, 2.75) is 26.7 Å². The summed E-state index contributed by atoms with van der Waals surface area (Å²) < 4.78 is 3.11. The molecule has 0 aromatic carbocycles. The lowest BCUT2D eigenvalue weighted by atomic mass is 10.4. The van der Waals surface area contributed by atoms with Crippen LogP contribution in [0.2, 0.25) is 5.28 Å². The monoisotopic (exact) mass is 304 g/mol. The van der Waals surface area contributed by atoms with Gasteiger partial charge in [0.15, 0.2) is 5.82 Å². The third-order valence-corrected chi connectivity index (χ3v) is 3.00. The van der Waals surface area contributed by atoms with Crippen molar-refractivity contribution < 1.29 is 0 Å². The zero-order valence-electron chi connectivity index (χ0n) is 11.6. The minimum atomic E-state index is 0.0844. The maximum Gasteiger partial charge on any atom is 0.258 e. The number of aromatic nitrogens is 8. The van der Waals surface area contributed by atoms with E-state index in [2.05, 4.69) is 30.1 Å². The fraction of sp³-hybridized carbons (Fsp3) is 0.333. The fourth-order valence-corrected chi connectivity index (χ4v) is 2.00. The van der Waals surface area contributed by atoms with Gasteiger partial charge in [-0.1, -0.05) is 13.8 Å². The summed E-state index contributed by atoms with van der Waals surface area (Å²) in [6.45, 7) is 3.99. The normalized spacial score (nSPS) is 11.0. The van der Waals surface area contributed by atoms with E-state index in [1.165, 1.54) is 4.68 Å². The second kappa shape index (κ2) is 5.57. The largest absolute Gasteiger partial charge is 0.258 e. The molecule has 0 saturated carbocycles. The lowest BCUT2D eigenvalue weighted by Crippen LogP contribution is -2.12. The number of halogens is 1. The molecule has 0 radical (unpaired) electrons. The van der Waals surface area contributed by atoms with E-state index in [1.807, 2.05) is 13.8 Å². The van der Waals surface area contributed by atoms with E-state index in [9.17, 15) is 0 Å². The quantitative estimate of drug-likeness (QED) is 0.724. The van der Waals surface area contributed by atoms with Crippen LogP contribution in [0.5, 0.6) is 0 Å². The first-order chi connectivity index (χ1) is 10.2. The molecule has 3 aromatic rings. The van der Waals surface area contributed by atoms with Crippen LogP contribution in [-0.4, -0.2) is 39.5 Å². The average molecular weight is 305 g/mol. The minimum absolute atomic E-state index is 0.0844. The Morgan fingerprint density at radius 3 is 2.52 bits per heavy atom. The first-order valence-corrected chi connectivity index (χ1v) is 6.95. The summed E-state index contributed by atoms with van der Waals surface area (Å²) in [5.74, 6) is 2.19. The standard InChI is InChI=1S/C12H13ClN8/c1-3-8-15-9(4-2)21(19-8)12-17-10(13)16-11(18-12)20-7-5-6-14-20/h5-7H,3-4H2,1-2H3. The zero-order valence-corrected chi connectivity index (χ0v) is 12.4. The Morgan fingerprint density at radius 2 is 1.86 bits per heavy atom. The zero-order chi connectivity index (χ0) is 14.8. The van der Waals surface area contributed by atoms with E-state index in [1.54, 1.807) is 23.1 Å². The smallest absolute Gasteiger partial charge is 0.216 e. The summed E-state index contributed by atoms with van der Waals surface area (Å²) >= 11 is 5.99. The molecule has 0 spiro atoms. The second-order valence-electron chi connectivity index (χ2n) is 4.22. The van der Waals surface area contributed by atoms with Crippen LogP contribution in [0, 0.1) is 0 Å². The van der Waals surface area contributed by atoms with Crippen molar-refractivity contribution in [2.24, 2.45) is 0 Å². The Kier molecular flexibility index (Phi) is 3.61. The van der Waals surface area contributed by atoms with Gasteiger partial charge in [0.1, 0.15) is 5.82 Å². The highest BCUT2D eigenvalue weighted by Gasteiger charge is 2.14. The summed E-state index contributed by atoms with van der Waals surface area (Å²) in [5, 5.41) is 8.57. The Hall–Kier alpha value is -2.35. The summed E-state index contributed by atoms with van der Waals surface area (Å²) in [6, 6.07) is 1.78. The number of aryl methyl sites for hydroxylation is 2. The molecule has 108 valence electrons. The van der Waals surface area contributed by atoms with Crippen molar-refractivity contribution in [3.05, 3.63) is 35.4 Å². The number of hydrogen-bond donors (Lipinski definition) is 0. The molecule has 0 fully saturated rings. The second-order valence-corrected chi connectivity index (χ2v) is 4.56. The van der Waals surface area contributed by atoms with Crippen molar-refractivity contribution >= 4 is 11.6 Å². The highest BCUT2D eigenvalue weighted by atomic mass is 35.5. The van der Waals surface area contributed by atoms with Crippen LogP contribution >= 0.6 is 11.6 Å². The molecular formula is C12H13ClN8. The lowest BCUT2D eigenvalue weighted by molar-refractivity contribution is 0.711. The number of nitrogens with zero attached hydrogens (tertiary/aromatic N) is 8. The predicted octanol–water partition coefficient (Wildman–Crippen LogP) is 1.42. The lowest BCUT2D eigenvalue weighted by Gasteiger charge is -2.05. The molecule has 0 aliphatic carbocycles. The van der Waals surface area contributed by atoms with E-state index >= 15 is 0 Å². The molecule has 0 aliphatic rings. The topological polar surface area (TPSA) is 87.2 Å². The van der Waals surface area contributed by atoms with Crippen LogP contribution < -0.4 is 0 Å². The SMILES string of the molecule is CCc1nc(CC)n(-c2nc(Cl)nc(-n3cccn3)n2)n1. The van der Waals surface area contributed by atoms with Gasteiger partial charge in [-0.3, -0.25) is 0 Å². The molecule has 9 heteroatoms. The molecule has 3 aromatic heterocycles. The summed E-state index contributed by atoms with van der Waals surface area (Å²) in [6.07, 6.45) is 4.83. The average Bonchev–Trinajstić information content (AvgIpc) is 3.15.